The summed E-state index contributed by atoms with van der Waals surface area (Å²) >= 11 is 0. The Bertz CT molecular complexity index is 2130. The van der Waals surface area contributed by atoms with Crippen LogP contribution < -0.4 is 4.72 Å². The van der Waals surface area contributed by atoms with Crippen LogP contribution in [0.15, 0.2) is 66.4 Å². The number of ether oxygens (including phenoxy) is 1. The Hall–Kier alpha value is -3.34. The first-order chi connectivity index (χ1) is 22.9. The van der Waals surface area contributed by atoms with Crippen LogP contribution in [-0.2, 0) is 32.5 Å². The first-order valence-corrected chi connectivity index (χ1v) is 23.1. The van der Waals surface area contributed by atoms with E-state index in [1.807, 2.05) is 81.7 Å². The lowest BCUT2D eigenvalue weighted by atomic mass is 9.96. The van der Waals surface area contributed by atoms with Crippen molar-refractivity contribution in [3.63, 3.8) is 0 Å². The number of nitriles is 1. The van der Waals surface area contributed by atoms with Gasteiger partial charge in [0.2, 0.25) is 10.0 Å². The van der Waals surface area contributed by atoms with Crippen LogP contribution in [0.25, 0.3) is 21.9 Å². The molecule has 12 heteroatoms. The average Bonchev–Trinajstić information content (AvgIpc) is 3.64. The molecule has 4 aromatic rings. The van der Waals surface area contributed by atoms with Gasteiger partial charge in [-0.1, -0.05) is 62.5 Å². The summed E-state index contributed by atoms with van der Waals surface area (Å²) in [7, 11) is -6.76. The van der Waals surface area contributed by atoms with Gasteiger partial charge >= 0.3 is 0 Å². The lowest BCUT2D eigenvalue weighted by Gasteiger charge is -2.29. The minimum absolute atomic E-state index is 0.213. The Balaban J connectivity index is 1.72. The average molecular weight is 720 g/mol. The quantitative estimate of drug-likeness (QED) is 0.118. The molecule has 0 bridgehead atoms. The highest BCUT2D eigenvalue weighted by Crippen LogP contribution is 2.38. The summed E-state index contributed by atoms with van der Waals surface area (Å²) in [5.41, 5.74) is 5.01. The fraction of sp³-hybridized carbons (Fsp3) is 0.459. The summed E-state index contributed by atoms with van der Waals surface area (Å²) < 4.78 is 54.1. The van der Waals surface area contributed by atoms with Crippen molar-refractivity contribution in [2.45, 2.75) is 102 Å². The molecule has 0 amide bonds. The van der Waals surface area contributed by atoms with Crippen LogP contribution in [-0.4, -0.2) is 50.3 Å². The molecule has 0 aliphatic heterocycles. The molecule has 0 radical (unpaired) electrons. The molecule has 49 heavy (non-hydrogen) atoms. The maximum Gasteiger partial charge on any atom is 0.248 e. The van der Waals surface area contributed by atoms with Crippen molar-refractivity contribution in [2.24, 2.45) is 0 Å². The van der Waals surface area contributed by atoms with E-state index in [1.54, 1.807) is 25.3 Å². The highest BCUT2D eigenvalue weighted by atomic mass is 32.2. The second-order valence-corrected chi connectivity index (χ2v) is 25.2. The van der Waals surface area contributed by atoms with Crippen molar-refractivity contribution in [1.29, 1.82) is 5.26 Å². The van der Waals surface area contributed by atoms with E-state index >= 15 is 0 Å². The van der Waals surface area contributed by atoms with E-state index in [0.29, 0.717) is 35.4 Å². The van der Waals surface area contributed by atoms with Crippen LogP contribution in [0.3, 0.4) is 0 Å². The number of allylic oxidation sites excluding steroid dienone is 3. The number of benzene rings is 2. The zero-order chi connectivity index (χ0) is 35.9. The van der Waals surface area contributed by atoms with Crippen LogP contribution in [0.1, 0.15) is 76.0 Å². The van der Waals surface area contributed by atoms with Crippen LogP contribution >= 0.6 is 0 Å². The molecule has 2 heterocycles. The van der Waals surface area contributed by atoms with Gasteiger partial charge in [-0.3, -0.25) is 0 Å². The number of rotatable bonds is 12. The molecule has 262 valence electrons. The Morgan fingerprint density at radius 3 is 2.57 bits per heavy atom. The zero-order valence-corrected chi connectivity index (χ0v) is 32.8. The molecule has 3 unspecified atom stereocenters. The maximum atomic E-state index is 14.5. The molecule has 0 saturated carbocycles. The second kappa shape index (κ2) is 13.8. The summed E-state index contributed by atoms with van der Waals surface area (Å²) in [6.07, 6.45) is 8.58. The van der Waals surface area contributed by atoms with E-state index in [-0.39, 0.29) is 6.73 Å². The molecule has 3 atom stereocenters. The van der Waals surface area contributed by atoms with E-state index in [9.17, 15) is 17.9 Å². The fourth-order valence-electron chi connectivity index (χ4n) is 6.08. The number of nitrogens with one attached hydrogen (secondary N) is 1. The number of fused-ring (bicyclic) bond motifs is 2. The number of hydrogen-bond donors (Lipinski definition) is 1. The third kappa shape index (κ3) is 7.42. The minimum Gasteiger partial charge on any atom is -0.361 e. The molecule has 1 aliphatic rings. The van der Waals surface area contributed by atoms with Gasteiger partial charge in [-0.15, -0.1) is 0 Å². The lowest BCUT2D eigenvalue weighted by molar-refractivity contribution is 0.0873. The van der Waals surface area contributed by atoms with E-state index in [2.05, 4.69) is 30.4 Å². The van der Waals surface area contributed by atoms with Crippen LogP contribution in [0.2, 0.25) is 25.7 Å². The lowest BCUT2D eigenvalue weighted by Crippen LogP contribution is -2.38. The first kappa shape index (κ1) is 36.9. The summed E-state index contributed by atoms with van der Waals surface area (Å²) in [5.74, 6) is 0.566. The molecule has 9 nitrogen and oxygen atoms in total. The van der Waals surface area contributed by atoms with Crippen molar-refractivity contribution in [3.8, 4) is 6.07 Å². The number of nitrogens with zero attached hydrogens (tertiary/aromatic N) is 4. The van der Waals surface area contributed by atoms with Gasteiger partial charge in [0.15, 0.2) is 0 Å². The summed E-state index contributed by atoms with van der Waals surface area (Å²) in [5, 5.41) is 10.4. The Morgan fingerprint density at radius 2 is 1.92 bits per heavy atom. The molecule has 1 aliphatic carbocycles. The SMILES string of the molecule is CCC1=CC(C)(S(=O)(=O)n2ccc3c(C(NS(=O)C(C)(C)C)c4nc5cc(C#N)ccc5n4COCC[Si](C)(C)C)ccc(C)c32)CC=C1. The van der Waals surface area contributed by atoms with E-state index in [0.717, 1.165) is 40.1 Å². The fourth-order valence-corrected chi connectivity index (χ4v) is 9.40. The summed E-state index contributed by atoms with van der Waals surface area (Å²) in [6.45, 7) is 19.1. The van der Waals surface area contributed by atoms with Gasteiger partial charge in [0.1, 0.15) is 23.3 Å². The predicted octanol–water partition coefficient (Wildman–Crippen LogP) is 7.86. The largest absolute Gasteiger partial charge is 0.361 e. The van der Waals surface area contributed by atoms with Crippen LogP contribution in [0.5, 0.6) is 0 Å². The standard InChI is InChI=1S/C37H49N5O4S2Si/c1-10-27-12-11-18-37(6,23-27)48(44,45)42-19-17-30-29(15-13-26(2)34(30)42)33(40-47(43)36(3,4)5)35-39-31-22-28(24-38)14-16-32(31)41(35)25-46-20-21-49(7,8)9/h11-17,19,22-23,33,40H,10,18,20-21,25H2,1-9H3. The number of imidazole rings is 1. The highest BCUT2D eigenvalue weighted by Gasteiger charge is 2.40. The second-order valence-electron chi connectivity index (χ2n) is 15.3. The van der Waals surface area contributed by atoms with Crippen molar-refractivity contribution in [1.82, 2.24) is 18.2 Å². The van der Waals surface area contributed by atoms with Crippen LogP contribution in [0.4, 0.5) is 0 Å². The van der Waals surface area contributed by atoms with Gasteiger partial charge in [0.05, 0.1) is 43.9 Å². The number of hydrogen-bond acceptors (Lipinski definition) is 6. The van der Waals surface area contributed by atoms with Gasteiger partial charge in [-0.05, 0) is 88.9 Å². The third-order valence-corrected chi connectivity index (χ3v) is 14.7. The third-order valence-electron chi connectivity index (χ3n) is 9.13. The van der Waals surface area contributed by atoms with Crippen molar-refractivity contribution >= 4 is 51.0 Å². The Morgan fingerprint density at radius 1 is 1.18 bits per heavy atom. The van der Waals surface area contributed by atoms with Gasteiger partial charge in [0, 0.05) is 26.3 Å². The van der Waals surface area contributed by atoms with Crippen molar-refractivity contribution in [2.75, 3.05) is 6.61 Å². The normalized spacial score (nSPS) is 18.5. The molecule has 1 N–H and O–H groups in total. The summed E-state index contributed by atoms with van der Waals surface area (Å²) in [4.78, 5) is 5.05. The van der Waals surface area contributed by atoms with Gasteiger partial charge in [-0.25, -0.2) is 26.3 Å². The molecular weight excluding hydrogens is 671 g/mol. The first-order valence-electron chi connectivity index (χ1n) is 16.8. The predicted molar refractivity (Wildman–Crippen MR) is 203 cm³/mol. The minimum atomic E-state index is -3.89. The topological polar surface area (TPSA) is 119 Å². The Labute approximate surface area is 294 Å². The zero-order valence-electron chi connectivity index (χ0n) is 30.1. The van der Waals surface area contributed by atoms with E-state index < -0.39 is 44.6 Å². The van der Waals surface area contributed by atoms with Crippen molar-refractivity contribution < 1.29 is 17.4 Å². The molecule has 2 aromatic carbocycles. The molecule has 2 aromatic heterocycles. The molecule has 0 spiro atoms. The molecule has 5 rings (SSSR count). The maximum absolute atomic E-state index is 14.5. The monoisotopic (exact) mass is 719 g/mol. The summed E-state index contributed by atoms with van der Waals surface area (Å²) in [6, 6.07) is 13.6. The van der Waals surface area contributed by atoms with E-state index in [4.69, 9.17) is 9.72 Å². The number of aromatic nitrogens is 3. The van der Waals surface area contributed by atoms with E-state index in [1.165, 1.54) is 3.97 Å². The van der Waals surface area contributed by atoms with Crippen molar-refractivity contribution in [3.05, 3.63) is 88.9 Å². The van der Waals surface area contributed by atoms with Gasteiger partial charge in [0.25, 0.3) is 0 Å². The molecule has 0 saturated heterocycles. The van der Waals surface area contributed by atoms with Gasteiger partial charge in [-0.2, -0.15) is 5.26 Å². The highest BCUT2D eigenvalue weighted by molar-refractivity contribution is 7.91. The molecular formula is C37H49N5O4S2Si. The van der Waals surface area contributed by atoms with Crippen LogP contribution in [0, 0.1) is 18.3 Å². The molecule has 0 fully saturated rings. The van der Waals surface area contributed by atoms with Gasteiger partial charge < -0.3 is 9.30 Å². The Kier molecular flexibility index (Phi) is 10.4. The number of aryl methyl sites for hydroxylation is 1. The smallest absolute Gasteiger partial charge is 0.248 e.